The molecule has 2 amide bonds. The molecule has 1 aromatic heterocycles. The van der Waals surface area contributed by atoms with Crippen LogP contribution < -0.4 is 10.6 Å². The number of halogens is 1. The van der Waals surface area contributed by atoms with Gasteiger partial charge in [0.15, 0.2) is 0 Å². The number of carboxylic acid groups (broad SMARTS) is 1. The van der Waals surface area contributed by atoms with Gasteiger partial charge in [-0.25, -0.2) is 9.59 Å². The van der Waals surface area contributed by atoms with Crippen LogP contribution in [-0.2, 0) is 11.3 Å². The average Bonchev–Trinajstić information content (AvgIpc) is 3.06. The fourth-order valence-electron chi connectivity index (χ4n) is 1.62. The van der Waals surface area contributed by atoms with Gasteiger partial charge in [0.25, 0.3) is 0 Å². The molecule has 1 saturated carbocycles. The molecule has 2 rings (SSSR count). The first-order valence-electron chi connectivity index (χ1n) is 5.57. The monoisotopic (exact) mass is 332 g/mol. The Bertz CT molecular complexity index is 459. The molecule has 18 heavy (non-hydrogen) atoms. The normalized spacial score (nSPS) is 16.1. The number of hydrogen-bond acceptors (Lipinski definition) is 3. The molecular formula is C11H13BrN2O3S. The Hall–Kier alpha value is -1.08. The summed E-state index contributed by atoms with van der Waals surface area (Å²) in [5, 5.41) is 14.1. The van der Waals surface area contributed by atoms with E-state index in [9.17, 15) is 9.59 Å². The number of carboxylic acids is 1. The molecule has 1 unspecified atom stereocenters. The number of nitrogens with one attached hydrogen (secondary N) is 2. The summed E-state index contributed by atoms with van der Waals surface area (Å²) in [5.74, 6) is -0.879. The lowest BCUT2D eigenvalue weighted by Crippen LogP contribution is -2.46. The van der Waals surface area contributed by atoms with Gasteiger partial charge in [-0.15, -0.1) is 11.3 Å². The summed E-state index contributed by atoms with van der Waals surface area (Å²) in [6.45, 7) is 0.402. The summed E-state index contributed by atoms with van der Waals surface area (Å²) >= 11 is 4.87. The molecule has 5 nitrogen and oxygen atoms in total. The number of carbonyl (C=O) groups is 2. The van der Waals surface area contributed by atoms with Crippen molar-refractivity contribution in [3.05, 3.63) is 20.8 Å². The zero-order valence-corrected chi connectivity index (χ0v) is 11.9. The van der Waals surface area contributed by atoms with Gasteiger partial charge in [0.2, 0.25) is 0 Å². The lowest BCUT2D eigenvalue weighted by molar-refractivity contribution is -0.139. The van der Waals surface area contributed by atoms with Crippen molar-refractivity contribution >= 4 is 39.3 Å². The fraction of sp³-hybridized carbons (Fsp3) is 0.455. The van der Waals surface area contributed by atoms with Crippen molar-refractivity contribution in [2.45, 2.75) is 25.4 Å². The third-order valence-corrected chi connectivity index (χ3v) is 4.32. The Kier molecular flexibility index (Phi) is 4.23. The quantitative estimate of drug-likeness (QED) is 0.773. The maximum Gasteiger partial charge on any atom is 0.326 e. The van der Waals surface area contributed by atoms with Crippen LogP contribution in [0, 0.1) is 5.92 Å². The van der Waals surface area contributed by atoms with Crippen molar-refractivity contribution in [1.82, 2.24) is 10.6 Å². The minimum atomic E-state index is -0.966. The van der Waals surface area contributed by atoms with Gasteiger partial charge >= 0.3 is 12.0 Å². The first-order chi connectivity index (χ1) is 8.56. The highest BCUT2D eigenvalue weighted by atomic mass is 79.9. The summed E-state index contributed by atoms with van der Waals surface area (Å²) in [7, 11) is 0. The number of carbonyl (C=O) groups excluding carboxylic acids is 1. The van der Waals surface area contributed by atoms with E-state index in [1.807, 2.05) is 12.1 Å². The molecule has 0 saturated heterocycles. The van der Waals surface area contributed by atoms with E-state index in [4.69, 9.17) is 5.11 Å². The Morgan fingerprint density at radius 2 is 2.22 bits per heavy atom. The van der Waals surface area contributed by atoms with E-state index in [1.54, 1.807) is 0 Å². The van der Waals surface area contributed by atoms with E-state index in [-0.39, 0.29) is 5.92 Å². The molecule has 0 bridgehead atoms. The molecule has 7 heteroatoms. The van der Waals surface area contributed by atoms with Crippen LogP contribution in [0.25, 0.3) is 0 Å². The second-order valence-corrected chi connectivity index (χ2v) is 6.73. The average molecular weight is 333 g/mol. The first-order valence-corrected chi connectivity index (χ1v) is 7.18. The summed E-state index contributed by atoms with van der Waals surface area (Å²) < 4.78 is 1.00. The van der Waals surface area contributed by atoms with Crippen molar-refractivity contribution in [2.24, 2.45) is 5.92 Å². The van der Waals surface area contributed by atoms with E-state index in [2.05, 4.69) is 26.6 Å². The van der Waals surface area contributed by atoms with E-state index in [1.165, 1.54) is 11.3 Å². The van der Waals surface area contributed by atoms with Gasteiger partial charge in [0.05, 0.1) is 10.3 Å². The van der Waals surface area contributed by atoms with E-state index < -0.39 is 18.0 Å². The van der Waals surface area contributed by atoms with E-state index >= 15 is 0 Å². The maximum absolute atomic E-state index is 11.6. The zero-order valence-electron chi connectivity index (χ0n) is 9.48. The van der Waals surface area contributed by atoms with E-state index in [0.29, 0.717) is 6.54 Å². The number of aliphatic carboxylic acids is 1. The lowest BCUT2D eigenvalue weighted by atomic mass is 10.2. The van der Waals surface area contributed by atoms with Gasteiger partial charge in [-0.3, -0.25) is 0 Å². The van der Waals surface area contributed by atoms with Crippen molar-refractivity contribution in [3.63, 3.8) is 0 Å². The molecule has 0 aliphatic heterocycles. The molecule has 0 aromatic carbocycles. The molecule has 1 heterocycles. The number of hydrogen-bond donors (Lipinski definition) is 3. The van der Waals surface area contributed by atoms with Crippen LogP contribution in [0.3, 0.4) is 0 Å². The van der Waals surface area contributed by atoms with Gasteiger partial charge in [-0.2, -0.15) is 0 Å². The van der Waals surface area contributed by atoms with E-state index in [0.717, 1.165) is 21.5 Å². The molecule has 0 spiro atoms. The third kappa shape index (κ3) is 3.71. The molecule has 3 N–H and O–H groups in total. The van der Waals surface area contributed by atoms with Crippen LogP contribution in [0.2, 0.25) is 0 Å². The van der Waals surface area contributed by atoms with Crippen LogP contribution in [0.1, 0.15) is 17.7 Å². The van der Waals surface area contributed by atoms with Crippen LogP contribution in [0.15, 0.2) is 15.9 Å². The predicted molar refractivity (Wildman–Crippen MR) is 71.5 cm³/mol. The van der Waals surface area contributed by atoms with Gasteiger partial charge < -0.3 is 15.7 Å². The van der Waals surface area contributed by atoms with Crippen LogP contribution >= 0.6 is 27.3 Å². The second kappa shape index (κ2) is 5.71. The largest absolute Gasteiger partial charge is 0.480 e. The maximum atomic E-state index is 11.6. The first kappa shape index (κ1) is 13.4. The van der Waals surface area contributed by atoms with Crippen molar-refractivity contribution < 1.29 is 14.7 Å². The summed E-state index contributed by atoms with van der Waals surface area (Å²) in [6, 6.07) is 2.62. The van der Waals surface area contributed by atoms with Crippen molar-refractivity contribution in [2.75, 3.05) is 0 Å². The topological polar surface area (TPSA) is 78.4 Å². The Labute approximate surface area is 117 Å². The Balaban J connectivity index is 1.79. The zero-order chi connectivity index (χ0) is 13.1. The van der Waals surface area contributed by atoms with Crippen molar-refractivity contribution in [1.29, 1.82) is 0 Å². The molecule has 1 atom stereocenters. The van der Waals surface area contributed by atoms with Crippen LogP contribution in [-0.4, -0.2) is 23.1 Å². The predicted octanol–water partition coefficient (Wildman–Crippen LogP) is 2.17. The minimum absolute atomic E-state index is 0.0872. The molecule has 0 radical (unpaired) electrons. The summed E-state index contributed by atoms with van der Waals surface area (Å²) in [5.41, 5.74) is 0. The van der Waals surface area contributed by atoms with Crippen LogP contribution in [0.5, 0.6) is 0 Å². The highest BCUT2D eigenvalue weighted by Gasteiger charge is 2.37. The molecular weight excluding hydrogens is 320 g/mol. The number of rotatable bonds is 5. The van der Waals surface area contributed by atoms with Gasteiger partial charge in [-0.1, -0.05) is 0 Å². The molecule has 98 valence electrons. The summed E-state index contributed by atoms with van der Waals surface area (Å²) in [6.07, 6.45) is 1.74. The lowest BCUT2D eigenvalue weighted by Gasteiger charge is -2.13. The van der Waals surface area contributed by atoms with Crippen LogP contribution in [0.4, 0.5) is 4.79 Å². The SMILES string of the molecule is O=C(NCc1ccc(Br)s1)NC(C(=O)O)C1CC1. The van der Waals surface area contributed by atoms with Gasteiger partial charge in [-0.05, 0) is 46.8 Å². The summed E-state index contributed by atoms with van der Waals surface area (Å²) in [4.78, 5) is 23.5. The third-order valence-electron chi connectivity index (χ3n) is 2.70. The van der Waals surface area contributed by atoms with Gasteiger partial charge in [0, 0.05) is 4.88 Å². The smallest absolute Gasteiger partial charge is 0.326 e. The van der Waals surface area contributed by atoms with Gasteiger partial charge in [0.1, 0.15) is 6.04 Å². The standard InChI is InChI=1S/C11H13BrN2O3S/c12-8-4-3-7(18-8)5-13-11(17)14-9(10(15)16)6-1-2-6/h3-4,6,9H,1-2,5H2,(H,15,16)(H2,13,14,17). The fourth-order valence-corrected chi connectivity index (χ4v) is 3.04. The second-order valence-electron chi connectivity index (χ2n) is 4.19. The number of amides is 2. The molecule has 1 fully saturated rings. The van der Waals surface area contributed by atoms with Crippen molar-refractivity contribution in [3.8, 4) is 0 Å². The molecule has 1 aliphatic rings. The highest BCUT2D eigenvalue weighted by Crippen LogP contribution is 2.32. The molecule has 1 aliphatic carbocycles. The number of thiophene rings is 1. The minimum Gasteiger partial charge on any atom is -0.480 e. The molecule has 1 aromatic rings. The number of urea groups is 1. The Morgan fingerprint density at radius 1 is 1.50 bits per heavy atom. The highest BCUT2D eigenvalue weighted by molar-refractivity contribution is 9.11. The Morgan fingerprint density at radius 3 is 2.72 bits per heavy atom.